The lowest BCUT2D eigenvalue weighted by Crippen LogP contribution is -2.42. The normalized spacial score (nSPS) is 15.8. The van der Waals surface area contributed by atoms with Crippen LogP contribution in [-0.2, 0) is 43.2 Å². The van der Waals surface area contributed by atoms with Gasteiger partial charge in [-0.05, 0) is 82.5 Å². The summed E-state index contributed by atoms with van der Waals surface area (Å²) in [6.07, 6.45) is -1.87. The lowest BCUT2D eigenvalue weighted by Gasteiger charge is -2.40. The average Bonchev–Trinajstić information content (AvgIpc) is 3.79. The second-order valence-corrected chi connectivity index (χ2v) is 19.1. The van der Waals surface area contributed by atoms with E-state index in [4.69, 9.17) is 0 Å². The fraction of sp³-hybridized carbons (Fsp3) is 0.478. The highest BCUT2D eigenvalue weighted by molar-refractivity contribution is 7.98. The van der Waals surface area contributed by atoms with Crippen LogP contribution in [0.1, 0.15) is 102 Å². The van der Waals surface area contributed by atoms with Crippen LogP contribution in [0.25, 0.3) is 21.8 Å². The van der Waals surface area contributed by atoms with Gasteiger partial charge in [0.1, 0.15) is 0 Å². The van der Waals surface area contributed by atoms with Crippen LogP contribution in [0.4, 0.5) is 38.2 Å². The van der Waals surface area contributed by atoms with E-state index >= 15 is 0 Å². The molecule has 2 N–H and O–H groups in total. The number of hydrogen-bond donors (Lipinski definition) is 2. The van der Waals surface area contributed by atoms with Gasteiger partial charge in [0, 0.05) is 92.7 Å². The maximum atomic E-state index is 13.8. The van der Waals surface area contributed by atoms with Gasteiger partial charge >= 0.3 is 12.4 Å². The molecular formula is C46H56F6N8O2S2. The fourth-order valence-corrected chi connectivity index (χ4v) is 9.02. The first-order valence-corrected chi connectivity index (χ1v) is 23.5. The summed E-state index contributed by atoms with van der Waals surface area (Å²) in [6, 6.07) is 16.6. The second-order valence-electron chi connectivity index (χ2n) is 17.3. The third kappa shape index (κ3) is 10.3. The second kappa shape index (κ2) is 18.8. The zero-order valence-corrected chi connectivity index (χ0v) is 39.4. The molecule has 10 nitrogen and oxygen atoms in total. The highest BCUT2D eigenvalue weighted by atomic mass is 32.2. The van der Waals surface area contributed by atoms with Gasteiger partial charge in [-0.15, -0.1) is 23.5 Å². The number of halogens is 6. The van der Waals surface area contributed by atoms with Gasteiger partial charge in [-0.25, -0.2) is 19.9 Å². The zero-order valence-electron chi connectivity index (χ0n) is 37.7. The van der Waals surface area contributed by atoms with Gasteiger partial charge in [-0.1, -0.05) is 46.2 Å². The number of hydrogen-bond acceptors (Lipinski definition) is 10. The van der Waals surface area contributed by atoms with E-state index in [0.717, 1.165) is 45.6 Å². The number of nitrogens with zero attached hydrogens (tertiary/aromatic N) is 8. The Morgan fingerprint density at radius 3 is 1.62 bits per heavy atom. The number of alkyl halides is 6. The van der Waals surface area contributed by atoms with Gasteiger partial charge in [0.2, 0.25) is 11.9 Å². The highest BCUT2D eigenvalue weighted by Crippen LogP contribution is 2.42. The van der Waals surface area contributed by atoms with Crippen LogP contribution < -0.4 is 9.80 Å². The van der Waals surface area contributed by atoms with E-state index in [0.29, 0.717) is 32.7 Å². The standard InChI is InChI=1S/C23H27F3N4OS.C20H21F3N4OS.C3H8/c1-13(2)19-18-10-14-6-7-15(32-5)11-17(14)29(18)8-9-30(19)21-27-12-16(22(3,4)31)20(28-21)23(24,25)26;1-19(2,28)15-10-24-18(25-17(15)20(21,22)23)26-6-7-27-13(11-26)8-12-4-5-14(29-3)9-16(12)27;1-3-2/h6-7,10-13,19,31H,8-9H2,1-5H3;4-5,8-10,28H,6-7,11H2,1-3H3;3H2,1-2H3. The number of benzene rings is 2. The third-order valence-corrected chi connectivity index (χ3v) is 12.5. The Morgan fingerprint density at radius 1 is 0.672 bits per heavy atom. The molecule has 2 aliphatic heterocycles. The molecule has 6 heterocycles. The van der Waals surface area contributed by atoms with Crippen molar-refractivity contribution in [3.8, 4) is 0 Å². The third-order valence-electron chi connectivity index (χ3n) is 11.1. The molecule has 0 aliphatic carbocycles. The molecule has 64 heavy (non-hydrogen) atoms. The highest BCUT2D eigenvalue weighted by Gasteiger charge is 2.42. The summed E-state index contributed by atoms with van der Waals surface area (Å²) in [4.78, 5) is 22.1. The van der Waals surface area contributed by atoms with Gasteiger partial charge in [-0.2, -0.15) is 26.3 Å². The van der Waals surface area contributed by atoms with Crippen molar-refractivity contribution in [2.75, 3.05) is 35.4 Å². The quantitative estimate of drug-likeness (QED) is 0.119. The molecule has 0 saturated heterocycles. The minimum absolute atomic E-state index is 0.0200. The Morgan fingerprint density at radius 2 is 1.14 bits per heavy atom. The number of anilines is 2. The summed E-state index contributed by atoms with van der Waals surface area (Å²) in [5.74, 6) is 0.169. The molecule has 0 bridgehead atoms. The Bertz CT molecular complexity index is 2590. The molecule has 0 radical (unpaired) electrons. The van der Waals surface area contributed by atoms with Crippen LogP contribution in [0.5, 0.6) is 0 Å². The van der Waals surface area contributed by atoms with E-state index in [-0.39, 0.29) is 35.0 Å². The number of thioether (sulfide) groups is 2. The summed E-state index contributed by atoms with van der Waals surface area (Å²) < 4.78 is 86.5. The fourth-order valence-electron chi connectivity index (χ4n) is 8.15. The van der Waals surface area contributed by atoms with Crippen LogP contribution in [0, 0.1) is 5.92 Å². The number of rotatable bonds is 7. The minimum atomic E-state index is -4.70. The molecule has 0 fully saturated rings. The van der Waals surface area contributed by atoms with Crippen molar-refractivity contribution in [1.29, 1.82) is 0 Å². The van der Waals surface area contributed by atoms with Crippen molar-refractivity contribution < 1.29 is 36.6 Å². The Hall–Kier alpha value is -4.52. The molecule has 4 aromatic heterocycles. The minimum Gasteiger partial charge on any atom is -0.386 e. The molecule has 2 aliphatic rings. The Balaban J connectivity index is 0.000000201. The van der Waals surface area contributed by atoms with Crippen LogP contribution in [-0.4, -0.2) is 64.9 Å². The largest absolute Gasteiger partial charge is 0.433 e. The van der Waals surface area contributed by atoms with Crippen LogP contribution >= 0.6 is 23.5 Å². The number of aliphatic hydroxyl groups is 2. The first kappa shape index (κ1) is 48.9. The van der Waals surface area contributed by atoms with Crippen molar-refractivity contribution in [1.82, 2.24) is 29.1 Å². The molecule has 0 amide bonds. The van der Waals surface area contributed by atoms with E-state index < -0.39 is 34.9 Å². The summed E-state index contributed by atoms with van der Waals surface area (Å²) in [5, 5.41) is 22.5. The molecule has 18 heteroatoms. The van der Waals surface area contributed by atoms with Crippen LogP contribution in [0.3, 0.4) is 0 Å². The van der Waals surface area contributed by atoms with Crippen LogP contribution in [0.15, 0.2) is 70.7 Å². The van der Waals surface area contributed by atoms with E-state index in [2.05, 4.69) is 91.4 Å². The van der Waals surface area contributed by atoms with Gasteiger partial charge in [0.25, 0.3) is 0 Å². The Kier molecular flexibility index (Phi) is 14.3. The van der Waals surface area contributed by atoms with E-state index in [1.54, 1.807) is 28.4 Å². The summed E-state index contributed by atoms with van der Waals surface area (Å²) >= 11 is 3.35. The predicted octanol–water partition coefficient (Wildman–Crippen LogP) is 11.5. The van der Waals surface area contributed by atoms with Crippen molar-refractivity contribution in [3.05, 3.63) is 94.8 Å². The zero-order chi connectivity index (χ0) is 47.1. The van der Waals surface area contributed by atoms with Gasteiger partial charge < -0.3 is 29.1 Å². The number of aromatic nitrogens is 6. The average molecular weight is 931 g/mol. The van der Waals surface area contributed by atoms with Crippen molar-refractivity contribution >= 4 is 57.2 Å². The van der Waals surface area contributed by atoms with Crippen molar-refractivity contribution in [2.45, 2.75) is 121 Å². The number of fused-ring (bicyclic) bond motifs is 6. The van der Waals surface area contributed by atoms with E-state index in [9.17, 15) is 36.6 Å². The molecular weight excluding hydrogens is 875 g/mol. The lowest BCUT2D eigenvalue weighted by molar-refractivity contribution is -0.144. The molecule has 346 valence electrons. The van der Waals surface area contributed by atoms with Gasteiger partial charge in [0.15, 0.2) is 11.4 Å². The topological polar surface area (TPSA) is 108 Å². The predicted molar refractivity (Wildman–Crippen MR) is 244 cm³/mol. The maximum absolute atomic E-state index is 13.8. The Labute approximate surface area is 378 Å². The molecule has 0 saturated carbocycles. The smallest absolute Gasteiger partial charge is 0.386 e. The maximum Gasteiger partial charge on any atom is 0.433 e. The molecule has 1 atom stereocenters. The molecule has 0 spiro atoms. The molecule has 1 unspecified atom stereocenters. The van der Waals surface area contributed by atoms with Gasteiger partial charge in [-0.3, -0.25) is 0 Å². The first-order valence-electron chi connectivity index (χ1n) is 21.1. The monoisotopic (exact) mass is 930 g/mol. The first-order chi connectivity index (χ1) is 29.9. The SMILES string of the molecule is CCC.CSc1ccc2cc3n(c2c1)CCN(c1ncc(C(C)(C)O)c(C(F)(F)F)n1)C3.CSc1ccc2cc3n(c2c1)CCN(c1ncc(C(C)(C)O)c(C(F)(F)F)n1)C3C(C)C. The van der Waals surface area contributed by atoms with Gasteiger partial charge in [0.05, 0.1) is 23.8 Å². The summed E-state index contributed by atoms with van der Waals surface area (Å²) in [7, 11) is 0. The summed E-state index contributed by atoms with van der Waals surface area (Å²) in [6.45, 7) is 16.2. The van der Waals surface area contributed by atoms with Crippen molar-refractivity contribution in [2.24, 2.45) is 5.92 Å². The summed E-state index contributed by atoms with van der Waals surface area (Å²) in [5.41, 5.74) is -1.92. The molecule has 8 rings (SSSR count). The van der Waals surface area contributed by atoms with Crippen molar-refractivity contribution in [3.63, 3.8) is 0 Å². The molecule has 2 aromatic carbocycles. The van der Waals surface area contributed by atoms with E-state index in [1.807, 2.05) is 31.3 Å². The van der Waals surface area contributed by atoms with E-state index in [1.165, 1.54) is 43.9 Å². The van der Waals surface area contributed by atoms with Crippen LogP contribution in [0.2, 0.25) is 0 Å². The molecule has 6 aromatic rings. The lowest BCUT2D eigenvalue weighted by atomic mass is 9.96.